The number of sulfone groups is 1. The van der Waals surface area contributed by atoms with Crippen LogP contribution in [0.2, 0.25) is 0 Å². The Morgan fingerprint density at radius 2 is 2.00 bits per heavy atom. The molecule has 3 rings (SSSR count). The molecule has 0 atom stereocenters. The highest BCUT2D eigenvalue weighted by Gasteiger charge is 2.17. The van der Waals surface area contributed by atoms with E-state index in [2.05, 4.69) is 25.0 Å². The first kappa shape index (κ1) is 14.1. The smallest absolute Gasteiger partial charge is 0.258 e. The van der Waals surface area contributed by atoms with E-state index in [1.165, 1.54) is 13.3 Å². The van der Waals surface area contributed by atoms with Gasteiger partial charge in [-0.25, -0.2) is 8.42 Å². The largest absolute Gasteiger partial charge is 0.495 e. The van der Waals surface area contributed by atoms with Crippen molar-refractivity contribution in [1.29, 1.82) is 0 Å². The summed E-state index contributed by atoms with van der Waals surface area (Å²) in [4.78, 5) is 15.7. The second kappa shape index (κ2) is 4.87. The summed E-state index contributed by atoms with van der Waals surface area (Å²) in [6.07, 6.45) is 4.06. The fourth-order valence-electron chi connectivity index (χ4n) is 1.73. The third-order valence-electron chi connectivity index (χ3n) is 2.75. The fourth-order valence-corrected chi connectivity index (χ4v) is 2.23. The van der Waals surface area contributed by atoms with Crippen LogP contribution in [0.5, 0.6) is 5.75 Å². The summed E-state index contributed by atoms with van der Waals surface area (Å²) in [5, 5.41) is 3.74. The van der Waals surface area contributed by atoms with Crippen molar-refractivity contribution in [3.05, 3.63) is 18.5 Å². The van der Waals surface area contributed by atoms with Crippen LogP contribution in [-0.4, -0.2) is 51.3 Å². The molecule has 2 N–H and O–H groups in total. The van der Waals surface area contributed by atoms with Crippen molar-refractivity contribution in [1.82, 2.24) is 29.5 Å². The molecule has 0 saturated heterocycles. The van der Waals surface area contributed by atoms with Crippen LogP contribution >= 0.6 is 0 Å². The molecule has 0 fully saturated rings. The van der Waals surface area contributed by atoms with Gasteiger partial charge in [-0.3, -0.25) is 4.98 Å². The quantitative estimate of drug-likeness (QED) is 0.681. The van der Waals surface area contributed by atoms with E-state index in [4.69, 9.17) is 10.5 Å². The highest BCUT2D eigenvalue weighted by atomic mass is 32.2. The molecule has 0 radical (unpaired) electrons. The minimum absolute atomic E-state index is 0.0331. The average Bonchev–Trinajstić information content (AvgIpc) is 2.91. The minimum atomic E-state index is -3.60. The Balaban J connectivity index is 2.19. The Morgan fingerprint density at radius 3 is 2.68 bits per heavy atom. The molecule has 0 unspecified atom stereocenters. The molecule has 0 aliphatic carbocycles. The maximum Gasteiger partial charge on any atom is 0.258 e. The topological polar surface area (TPSA) is 138 Å². The number of anilines is 1. The highest BCUT2D eigenvalue weighted by Crippen LogP contribution is 2.20. The Morgan fingerprint density at radius 1 is 1.23 bits per heavy atom. The lowest BCUT2D eigenvalue weighted by Crippen LogP contribution is -2.11. The van der Waals surface area contributed by atoms with E-state index in [0.717, 1.165) is 10.8 Å². The molecule has 3 aromatic rings. The fraction of sp³-hybridized carbons (Fsp3) is 0.182. The number of hydrogen-bond acceptors (Lipinski definition) is 9. The number of hydrogen-bond donors (Lipinski definition) is 1. The van der Waals surface area contributed by atoms with Gasteiger partial charge in [0, 0.05) is 18.0 Å². The van der Waals surface area contributed by atoms with Gasteiger partial charge >= 0.3 is 0 Å². The summed E-state index contributed by atoms with van der Waals surface area (Å²) >= 11 is 0. The van der Waals surface area contributed by atoms with E-state index < -0.39 is 15.0 Å². The maximum absolute atomic E-state index is 11.5. The Kier molecular flexibility index (Phi) is 3.13. The molecule has 10 nitrogen and oxygen atoms in total. The number of fused-ring (bicyclic) bond motifs is 1. The Labute approximate surface area is 124 Å². The van der Waals surface area contributed by atoms with Crippen molar-refractivity contribution < 1.29 is 13.2 Å². The Hall–Kier alpha value is -2.82. The van der Waals surface area contributed by atoms with E-state index in [9.17, 15) is 8.42 Å². The first-order valence-electron chi connectivity index (χ1n) is 5.98. The van der Waals surface area contributed by atoms with Crippen molar-refractivity contribution in [2.75, 3.05) is 19.1 Å². The minimum Gasteiger partial charge on any atom is -0.495 e. The van der Waals surface area contributed by atoms with Crippen molar-refractivity contribution in [2.24, 2.45) is 0 Å². The van der Waals surface area contributed by atoms with Crippen molar-refractivity contribution in [3.63, 3.8) is 0 Å². The molecular weight excluding hydrogens is 310 g/mol. The molecule has 0 saturated carbocycles. The lowest BCUT2D eigenvalue weighted by atomic mass is 10.2. The van der Waals surface area contributed by atoms with Gasteiger partial charge in [-0.1, -0.05) is 0 Å². The molecule has 0 amide bonds. The van der Waals surface area contributed by atoms with Gasteiger partial charge in [0.25, 0.3) is 10.9 Å². The Bertz CT molecular complexity index is 967. The zero-order valence-corrected chi connectivity index (χ0v) is 12.4. The average molecular weight is 321 g/mol. The van der Waals surface area contributed by atoms with Crippen LogP contribution in [0.25, 0.3) is 17.2 Å². The van der Waals surface area contributed by atoms with Crippen molar-refractivity contribution >= 4 is 21.6 Å². The third kappa shape index (κ3) is 2.41. The SMILES string of the molecule is COc1cncc(-c2nc3nc(S(C)(=O)=O)nc(N)n3n2)c1. The summed E-state index contributed by atoms with van der Waals surface area (Å²) in [5.74, 6) is 0.719. The molecule has 0 aliphatic heterocycles. The molecule has 3 aromatic heterocycles. The molecule has 0 spiro atoms. The van der Waals surface area contributed by atoms with Crippen LogP contribution in [0.1, 0.15) is 0 Å². The number of rotatable bonds is 3. The molecule has 11 heteroatoms. The van der Waals surface area contributed by atoms with Gasteiger partial charge in [-0.05, 0) is 6.07 Å². The van der Waals surface area contributed by atoms with Gasteiger partial charge in [-0.2, -0.15) is 19.5 Å². The van der Waals surface area contributed by atoms with Crippen molar-refractivity contribution in [3.8, 4) is 17.1 Å². The van der Waals surface area contributed by atoms with E-state index >= 15 is 0 Å². The molecule has 0 aliphatic rings. The molecule has 0 bridgehead atoms. The van der Waals surface area contributed by atoms with Gasteiger partial charge in [0.1, 0.15) is 5.75 Å². The number of pyridine rings is 1. The van der Waals surface area contributed by atoms with Crippen LogP contribution in [0, 0.1) is 0 Å². The van der Waals surface area contributed by atoms with Crippen LogP contribution in [-0.2, 0) is 9.84 Å². The van der Waals surface area contributed by atoms with E-state index in [0.29, 0.717) is 11.3 Å². The normalized spacial score (nSPS) is 11.7. The first-order chi connectivity index (χ1) is 10.4. The number of nitrogens with zero attached hydrogens (tertiary/aromatic N) is 6. The van der Waals surface area contributed by atoms with Crippen LogP contribution in [0.3, 0.4) is 0 Å². The van der Waals surface area contributed by atoms with Gasteiger partial charge < -0.3 is 10.5 Å². The van der Waals surface area contributed by atoms with Gasteiger partial charge in [-0.15, -0.1) is 5.10 Å². The predicted octanol–water partition coefficient (Wildman–Crippen LogP) is -0.424. The monoisotopic (exact) mass is 321 g/mol. The molecule has 114 valence electrons. The lowest BCUT2D eigenvalue weighted by Gasteiger charge is -1.99. The summed E-state index contributed by atoms with van der Waals surface area (Å²) in [6.45, 7) is 0. The van der Waals surface area contributed by atoms with E-state index in [1.807, 2.05) is 0 Å². The number of ether oxygens (including phenoxy) is 1. The summed E-state index contributed by atoms with van der Waals surface area (Å²) in [6, 6.07) is 1.68. The van der Waals surface area contributed by atoms with Crippen LogP contribution < -0.4 is 10.5 Å². The number of nitrogens with two attached hydrogens (primary N) is 1. The third-order valence-corrected chi connectivity index (χ3v) is 3.60. The summed E-state index contributed by atoms with van der Waals surface area (Å²) in [7, 11) is -2.08. The van der Waals surface area contributed by atoms with Gasteiger partial charge in [0.05, 0.1) is 13.3 Å². The van der Waals surface area contributed by atoms with Crippen LogP contribution in [0.15, 0.2) is 23.6 Å². The zero-order chi connectivity index (χ0) is 15.9. The molecule has 0 aromatic carbocycles. The van der Waals surface area contributed by atoms with Gasteiger partial charge in [0.2, 0.25) is 15.8 Å². The number of nitrogen functional groups attached to an aromatic ring is 1. The molecule has 3 heterocycles. The molecular formula is C11H11N7O3S. The number of methoxy groups -OCH3 is 1. The van der Waals surface area contributed by atoms with Gasteiger partial charge in [0.15, 0.2) is 5.82 Å². The molecule has 22 heavy (non-hydrogen) atoms. The van der Waals surface area contributed by atoms with Crippen LogP contribution in [0.4, 0.5) is 5.95 Å². The van der Waals surface area contributed by atoms with Crippen molar-refractivity contribution in [2.45, 2.75) is 5.16 Å². The second-order valence-electron chi connectivity index (χ2n) is 4.40. The van der Waals surface area contributed by atoms with E-state index in [-0.39, 0.29) is 17.6 Å². The number of aromatic nitrogens is 6. The first-order valence-corrected chi connectivity index (χ1v) is 7.87. The highest BCUT2D eigenvalue weighted by molar-refractivity contribution is 7.90. The maximum atomic E-state index is 11.5. The van der Waals surface area contributed by atoms with E-state index in [1.54, 1.807) is 12.3 Å². The summed E-state index contributed by atoms with van der Waals surface area (Å²) < 4.78 is 29.3. The lowest BCUT2D eigenvalue weighted by molar-refractivity contribution is 0.413. The second-order valence-corrected chi connectivity index (χ2v) is 6.31. The predicted molar refractivity (Wildman–Crippen MR) is 75.9 cm³/mol. The standard InChI is InChI=1S/C11H11N7O3S/c1-21-7-3-6(4-13-5-7)8-14-10-16-11(22(2,19)20)15-9(12)18(10)17-8/h3-5H,1-2H3,(H2,12,14,15,16,17). The zero-order valence-electron chi connectivity index (χ0n) is 11.6. The summed E-state index contributed by atoms with van der Waals surface area (Å²) in [5.41, 5.74) is 6.28.